The van der Waals surface area contributed by atoms with Gasteiger partial charge in [-0.05, 0) is 49.6 Å². The van der Waals surface area contributed by atoms with Gasteiger partial charge in [-0.15, -0.1) is 0 Å². The highest BCUT2D eigenvalue weighted by Gasteiger charge is 2.25. The highest BCUT2D eigenvalue weighted by molar-refractivity contribution is 5.20. The summed E-state index contributed by atoms with van der Waals surface area (Å²) in [6.07, 6.45) is 4.62. The molecule has 0 aromatic rings. The maximum absolute atomic E-state index is 6.07. The van der Waals surface area contributed by atoms with E-state index in [4.69, 9.17) is 11.5 Å². The van der Waals surface area contributed by atoms with Gasteiger partial charge in [0.1, 0.15) is 0 Å². The summed E-state index contributed by atoms with van der Waals surface area (Å²) >= 11 is 0. The fourth-order valence-electron chi connectivity index (χ4n) is 2.37. The molecule has 1 aliphatic rings. The third-order valence-corrected chi connectivity index (χ3v) is 3.12. The first kappa shape index (κ1) is 10.6. The first-order valence-electron chi connectivity index (χ1n) is 5.35. The lowest BCUT2D eigenvalue weighted by molar-refractivity contribution is 0.677. The van der Waals surface area contributed by atoms with Crippen LogP contribution in [0.5, 0.6) is 0 Å². The minimum Gasteiger partial charge on any atom is -0.402 e. The summed E-state index contributed by atoms with van der Waals surface area (Å²) in [5.74, 6) is 1.40. The molecule has 0 saturated heterocycles. The molecular formula is C11H22N2. The van der Waals surface area contributed by atoms with Gasteiger partial charge in [-0.25, -0.2) is 0 Å². The van der Waals surface area contributed by atoms with E-state index in [2.05, 4.69) is 13.8 Å². The molecule has 2 unspecified atom stereocenters. The van der Waals surface area contributed by atoms with Gasteiger partial charge in [0.25, 0.3) is 0 Å². The minimum atomic E-state index is 0.702. The van der Waals surface area contributed by atoms with Crippen molar-refractivity contribution in [3.05, 3.63) is 11.3 Å². The number of hydrogen-bond acceptors (Lipinski definition) is 2. The minimum absolute atomic E-state index is 0.702. The second-order valence-corrected chi connectivity index (χ2v) is 4.25. The molecule has 0 heterocycles. The number of hydrogen-bond donors (Lipinski definition) is 2. The second kappa shape index (κ2) is 4.66. The Balaban J connectivity index is 2.64. The van der Waals surface area contributed by atoms with E-state index in [9.17, 15) is 0 Å². The molecule has 2 atom stereocenters. The molecule has 0 spiro atoms. The van der Waals surface area contributed by atoms with Crippen molar-refractivity contribution in [1.29, 1.82) is 0 Å². The topological polar surface area (TPSA) is 52.0 Å². The van der Waals surface area contributed by atoms with Crippen LogP contribution in [0.4, 0.5) is 0 Å². The molecule has 0 radical (unpaired) electrons. The van der Waals surface area contributed by atoms with Gasteiger partial charge in [-0.2, -0.15) is 0 Å². The van der Waals surface area contributed by atoms with Gasteiger partial charge >= 0.3 is 0 Å². The first-order valence-corrected chi connectivity index (χ1v) is 5.35. The molecule has 0 aromatic carbocycles. The van der Waals surface area contributed by atoms with E-state index in [1.807, 2.05) is 0 Å². The SMILES string of the molecule is CC1CCC(C)C1=C(N)CCCN. The molecule has 1 fully saturated rings. The number of allylic oxidation sites excluding steroid dienone is 2. The van der Waals surface area contributed by atoms with Crippen LogP contribution in [0.15, 0.2) is 11.3 Å². The van der Waals surface area contributed by atoms with Gasteiger partial charge in [0.05, 0.1) is 0 Å². The monoisotopic (exact) mass is 182 g/mol. The highest BCUT2D eigenvalue weighted by atomic mass is 14.6. The standard InChI is InChI=1S/C11H22N2/c1-8-5-6-9(2)11(8)10(13)4-3-7-12/h8-9H,3-7,12-13H2,1-2H3. The van der Waals surface area contributed by atoms with Gasteiger partial charge in [0.15, 0.2) is 0 Å². The Morgan fingerprint density at radius 2 is 1.85 bits per heavy atom. The van der Waals surface area contributed by atoms with Crippen molar-refractivity contribution in [3.63, 3.8) is 0 Å². The summed E-state index contributed by atoms with van der Waals surface area (Å²) in [5, 5.41) is 0. The normalized spacial score (nSPS) is 28.1. The fraction of sp³-hybridized carbons (Fsp3) is 0.818. The molecule has 1 aliphatic carbocycles. The Morgan fingerprint density at radius 3 is 2.31 bits per heavy atom. The van der Waals surface area contributed by atoms with Crippen molar-refractivity contribution in [2.75, 3.05) is 6.54 Å². The van der Waals surface area contributed by atoms with Gasteiger partial charge in [0.2, 0.25) is 0 Å². The number of rotatable bonds is 3. The van der Waals surface area contributed by atoms with E-state index < -0.39 is 0 Å². The third-order valence-electron chi connectivity index (χ3n) is 3.12. The van der Waals surface area contributed by atoms with Crippen LogP contribution in [0.25, 0.3) is 0 Å². The van der Waals surface area contributed by atoms with E-state index in [1.165, 1.54) is 18.4 Å². The average Bonchev–Trinajstić information content (AvgIpc) is 2.42. The van der Waals surface area contributed by atoms with Gasteiger partial charge in [-0.1, -0.05) is 13.8 Å². The van der Waals surface area contributed by atoms with Crippen LogP contribution in [-0.2, 0) is 0 Å². The van der Waals surface area contributed by atoms with Crippen molar-refractivity contribution < 1.29 is 0 Å². The van der Waals surface area contributed by atoms with Crippen LogP contribution >= 0.6 is 0 Å². The first-order chi connectivity index (χ1) is 6.16. The van der Waals surface area contributed by atoms with Crippen LogP contribution in [0.2, 0.25) is 0 Å². The van der Waals surface area contributed by atoms with Crippen LogP contribution in [0.3, 0.4) is 0 Å². The summed E-state index contributed by atoms with van der Waals surface area (Å²) in [6.45, 7) is 5.32. The van der Waals surface area contributed by atoms with Gasteiger partial charge < -0.3 is 11.5 Å². The predicted octanol–water partition coefficient (Wildman–Crippen LogP) is 2.00. The third kappa shape index (κ3) is 2.47. The Hall–Kier alpha value is -0.500. The molecule has 0 bridgehead atoms. The molecule has 76 valence electrons. The fourth-order valence-corrected chi connectivity index (χ4v) is 2.37. The second-order valence-electron chi connectivity index (χ2n) is 4.25. The summed E-state index contributed by atoms with van der Waals surface area (Å²) in [4.78, 5) is 0. The zero-order valence-corrected chi connectivity index (χ0v) is 8.84. The molecule has 0 aliphatic heterocycles. The molecule has 1 rings (SSSR count). The van der Waals surface area contributed by atoms with Crippen LogP contribution in [0, 0.1) is 11.8 Å². The lowest BCUT2D eigenvalue weighted by atomic mass is 9.95. The lowest BCUT2D eigenvalue weighted by Crippen LogP contribution is -2.10. The Labute approximate surface area is 81.4 Å². The van der Waals surface area contributed by atoms with Crippen molar-refractivity contribution in [2.24, 2.45) is 23.3 Å². The van der Waals surface area contributed by atoms with Crippen molar-refractivity contribution in [2.45, 2.75) is 39.5 Å². The van der Waals surface area contributed by atoms with Crippen LogP contribution < -0.4 is 11.5 Å². The maximum Gasteiger partial charge on any atom is 0.00783 e. The summed E-state index contributed by atoms with van der Waals surface area (Å²) in [6, 6.07) is 0. The molecule has 2 nitrogen and oxygen atoms in total. The Morgan fingerprint density at radius 1 is 1.31 bits per heavy atom. The predicted molar refractivity (Wildman–Crippen MR) is 57.1 cm³/mol. The number of nitrogens with two attached hydrogens (primary N) is 2. The van der Waals surface area contributed by atoms with Crippen LogP contribution in [-0.4, -0.2) is 6.54 Å². The van der Waals surface area contributed by atoms with E-state index in [0.29, 0.717) is 11.8 Å². The Kier molecular flexibility index (Phi) is 3.79. The Bertz CT molecular complexity index is 184. The molecular weight excluding hydrogens is 160 g/mol. The van der Waals surface area contributed by atoms with E-state index in [-0.39, 0.29) is 0 Å². The molecule has 0 aromatic heterocycles. The summed E-state index contributed by atoms with van der Waals surface area (Å²) in [7, 11) is 0. The van der Waals surface area contributed by atoms with Crippen molar-refractivity contribution in [1.82, 2.24) is 0 Å². The summed E-state index contributed by atoms with van der Waals surface area (Å²) < 4.78 is 0. The zero-order chi connectivity index (χ0) is 9.84. The summed E-state index contributed by atoms with van der Waals surface area (Å²) in [5.41, 5.74) is 14.2. The van der Waals surface area contributed by atoms with Crippen LogP contribution in [0.1, 0.15) is 39.5 Å². The molecule has 2 heteroatoms. The quantitative estimate of drug-likeness (QED) is 0.701. The molecule has 0 amide bonds. The largest absolute Gasteiger partial charge is 0.402 e. The van der Waals surface area contributed by atoms with E-state index in [1.54, 1.807) is 0 Å². The van der Waals surface area contributed by atoms with Crippen molar-refractivity contribution >= 4 is 0 Å². The van der Waals surface area contributed by atoms with E-state index in [0.717, 1.165) is 25.1 Å². The smallest absolute Gasteiger partial charge is 0.00783 e. The highest BCUT2D eigenvalue weighted by Crippen LogP contribution is 2.37. The maximum atomic E-state index is 6.07. The van der Waals surface area contributed by atoms with E-state index >= 15 is 0 Å². The van der Waals surface area contributed by atoms with Crippen molar-refractivity contribution in [3.8, 4) is 0 Å². The molecule has 1 saturated carbocycles. The molecule has 4 N–H and O–H groups in total. The van der Waals surface area contributed by atoms with Gasteiger partial charge in [0, 0.05) is 5.70 Å². The van der Waals surface area contributed by atoms with Gasteiger partial charge in [-0.3, -0.25) is 0 Å². The lowest BCUT2D eigenvalue weighted by Gasteiger charge is -2.14. The molecule has 13 heavy (non-hydrogen) atoms. The average molecular weight is 182 g/mol. The zero-order valence-electron chi connectivity index (χ0n) is 8.84.